The summed E-state index contributed by atoms with van der Waals surface area (Å²) >= 11 is 1.22. The zero-order valence-electron chi connectivity index (χ0n) is 16.4. The number of hydrogen-bond acceptors (Lipinski definition) is 5. The number of carbonyl (C=O) groups is 1. The third-order valence-corrected chi connectivity index (χ3v) is 5.40. The van der Waals surface area contributed by atoms with Gasteiger partial charge in [0.25, 0.3) is 5.56 Å². The van der Waals surface area contributed by atoms with E-state index in [1.807, 2.05) is 13.0 Å². The van der Waals surface area contributed by atoms with Crippen LogP contribution in [0, 0.1) is 11.3 Å². The van der Waals surface area contributed by atoms with E-state index in [0.717, 1.165) is 12.8 Å². The molecule has 1 heterocycles. The van der Waals surface area contributed by atoms with Gasteiger partial charge < -0.3 is 5.32 Å². The standard InChI is InChI=1S/C22H22N4O2S/c1-3-6-15(2)24-20(27)14-29-22-25-19-8-5-4-7-18(19)21(28)26(22)17-11-9-16(13-23)10-12-17/h4-5,7-12,15H,3,6,14H2,1-2H3,(H,24,27). The average molecular weight is 407 g/mol. The van der Waals surface area contributed by atoms with E-state index >= 15 is 0 Å². The number of aromatic nitrogens is 2. The van der Waals surface area contributed by atoms with E-state index < -0.39 is 0 Å². The summed E-state index contributed by atoms with van der Waals surface area (Å²) in [7, 11) is 0. The Hall–Kier alpha value is -3.11. The van der Waals surface area contributed by atoms with Gasteiger partial charge in [0.05, 0.1) is 34.0 Å². The fraction of sp³-hybridized carbons (Fsp3) is 0.273. The van der Waals surface area contributed by atoms with Gasteiger partial charge >= 0.3 is 0 Å². The normalized spacial score (nSPS) is 11.8. The summed E-state index contributed by atoms with van der Waals surface area (Å²) < 4.78 is 1.50. The number of fused-ring (bicyclic) bond motifs is 1. The first-order chi connectivity index (χ1) is 14.0. The van der Waals surface area contributed by atoms with Crippen molar-refractivity contribution in [3.05, 3.63) is 64.4 Å². The molecule has 0 saturated carbocycles. The van der Waals surface area contributed by atoms with E-state index in [9.17, 15) is 9.59 Å². The number of thioether (sulfide) groups is 1. The van der Waals surface area contributed by atoms with Crippen LogP contribution < -0.4 is 10.9 Å². The topological polar surface area (TPSA) is 87.8 Å². The minimum atomic E-state index is -0.206. The fourth-order valence-corrected chi connectivity index (χ4v) is 3.90. The van der Waals surface area contributed by atoms with Crippen LogP contribution in [0.2, 0.25) is 0 Å². The van der Waals surface area contributed by atoms with E-state index in [-0.39, 0.29) is 23.3 Å². The summed E-state index contributed by atoms with van der Waals surface area (Å²) in [6, 6.07) is 16.1. The van der Waals surface area contributed by atoms with Gasteiger partial charge in [-0.3, -0.25) is 14.2 Å². The summed E-state index contributed by atoms with van der Waals surface area (Å²) in [5.74, 6) is 0.0690. The van der Waals surface area contributed by atoms with E-state index in [1.165, 1.54) is 16.3 Å². The molecule has 3 aromatic rings. The number of nitrogens with one attached hydrogen (secondary N) is 1. The van der Waals surface area contributed by atoms with E-state index in [1.54, 1.807) is 42.5 Å². The molecular weight excluding hydrogens is 384 g/mol. The van der Waals surface area contributed by atoms with Crippen molar-refractivity contribution in [2.45, 2.75) is 37.9 Å². The molecule has 29 heavy (non-hydrogen) atoms. The number of nitriles is 1. The molecule has 1 amide bonds. The van der Waals surface area contributed by atoms with Gasteiger partial charge in [-0.2, -0.15) is 5.26 Å². The lowest BCUT2D eigenvalue weighted by Gasteiger charge is -2.15. The number of rotatable bonds is 7. The second kappa shape index (κ2) is 9.39. The first-order valence-corrected chi connectivity index (χ1v) is 10.5. The van der Waals surface area contributed by atoms with Crippen molar-refractivity contribution in [1.82, 2.24) is 14.9 Å². The Labute approximate surface area is 173 Å². The predicted octanol–water partition coefficient (Wildman–Crippen LogP) is 3.65. The Morgan fingerprint density at radius 2 is 1.97 bits per heavy atom. The molecule has 1 unspecified atom stereocenters. The maximum absolute atomic E-state index is 13.2. The zero-order chi connectivity index (χ0) is 20.8. The number of amides is 1. The minimum absolute atomic E-state index is 0.0928. The molecule has 2 aromatic carbocycles. The van der Waals surface area contributed by atoms with Gasteiger partial charge in [0.1, 0.15) is 0 Å². The van der Waals surface area contributed by atoms with Gasteiger partial charge in [0.2, 0.25) is 5.91 Å². The van der Waals surface area contributed by atoms with Gasteiger partial charge in [-0.15, -0.1) is 0 Å². The average Bonchev–Trinajstić information content (AvgIpc) is 2.73. The summed E-state index contributed by atoms with van der Waals surface area (Å²) in [6.07, 6.45) is 1.92. The van der Waals surface area contributed by atoms with Crippen molar-refractivity contribution in [2.75, 3.05) is 5.75 Å². The van der Waals surface area contributed by atoms with Gasteiger partial charge in [0, 0.05) is 6.04 Å². The molecule has 0 aliphatic rings. The quantitative estimate of drug-likeness (QED) is 0.478. The van der Waals surface area contributed by atoms with Crippen LogP contribution in [-0.2, 0) is 4.79 Å². The van der Waals surface area contributed by atoms with Crippen molar-refractivity contribution in [1.29, 1.82) is 5.26 Å². The van der Waals surface area contributed by atoms with Gasteiger partial charge in [-0.1, -0.05) is 37.2 Å². The Kier molecular flexibility index (Phi) is 6.68. The smallest absolute Gasteiger partial charge is 0.266 e. The van der Waals surface area contributed by atoms with Crippen molar-refractivity contribution in [3.8, 4) is 11.8 Å². The van der Waals surface area contributed by atoms with Crippen LogP contribution >= 0.6 is 11.8 Å². The number of nitrogens with zero attached hydrogens (tertiary/aromatic N) is 3. The molecule has 1 atom stereocenters. The van der Waals surface area contributed by atoms with Crippen LogP contribution in [0.3, 0.4) is 0 Å². The Morgan fingerprint density at radius 1 is 1.24 bits per heavy atom. The molecule has 0 aliphatic carbocycles. The molecule has 0 radical (unpaired) electrons. The van der Waals surface area contributed by atoms with Crippen molar-refractivity contribution in [2.24, 2.45) is 0 Å². The third kappa shape index (κ3) is 4.84. The third-order valence-electron chi connectivity index (χ3n) is 4.46. The molecule has 0 bridgehead atoms. The summed E-state index contributed by atoms with van der Waals surface area (Å²) in [4.78, 5) is 30.1. The molecular formula is C22H22N4O2S. The minimum Gasteiger partial charge on any atom is -0.353 e. The lowest BCUT2D eigenvalue weighted by molar-refractivity contribution is -0.119. The summed E-state index contributed by atoms with van der Waals surface area (Å²) in [5.41, 5.74) is 1.50. The van der Waals surface area contributed by atoms with Crippen LogP contribution in [-0.4, -0.2) is 27.3 Å². The lowest BCUT2D eigenvalue weighted by Crippen LogP contribution is -2.34. The maximum atomic E-state index is 13.2. The van der Waals surface area contributed by atoms with Gasteiger partial charge in [0.15, 0.2) is 5.16 Å². The molecule has 1 aromatic heterocycles. The number of hydrogen-bond donors (Lipinski definition) is 1. The summed E-state index contributed by atoms with van der Waals surface area (Å²) in [5, 5.41) is 12.9. The van der Waals surface area contributed by atoms with E-state index in [2.05, 4.69) is 23.3 Å². The molecule has 1 N–H and O–H groups in total. The summed E-state index contributed by atoms with van der Waals surface area (Å²) in [6.45, 7) is 4.06. The van der Waals surface area contributed by atoms with Gasteiger partial charge in [-0.05, 0) is 49.7 Å². The monoisotopic (exact) mass is 406 g/mol. The van der Waals surface area contributed by atoms with Crippen LogP contribution in [0.1, 0.15) is 32.3 Å². The lowest BCUT2D eigenvalue weighted by atomic mass is 10.2. The second-order valence-corrected chi connectivity index (χ2v) is 7.70. The molecule has 6 nitrogen and oxygen atoms in total. The number of benzene rings is 2. The second-order valence-electron chi connectivity index (χ2n) is 6.76. The number of carbonyl (C=O) groups excluding carboxylic acids is 1. The highest BCUT2D eigenvalue weighted by atomic mass is 32.2. The van der Waals surface area contributed by atoms with E-state index in [4.69, 9.17) is 5.26 Å². The Bertz CT molecular complexity index is 1120. The highest BCUT2D eigenvalue weighted by Crippen LogP contribution is 2.21. The van der Waals surface area contributed by atoms with Gasteiger partial charge in [-0.25, -0.2) is 4.98 Å². The van der Waals surface area contributed by atoms with Crippen LogP contribution in [0.25, 0.3) is 16.6 Å². The first kappa shape index (κ1) is 20.6. The maximum Gasteiger partial charge on any atom is 0.266 e. The van der Waals surface area contributed by atoms with Crippen molar-refractivity contribution < 1.29 is 4.79 Å². The van der Waals surface area contributed by atoms with E-state index in [0.29, 0.717) is 27.3 Å². The van der Waals surface area contributed by atoms with Crippen LogP contribution in [0.5, 0.6) is 0 Å². The highest BCUT2D eigenvalue weighted by molar-refractivity contribution is 7.99. The highest BCUT2D eigenvalue weighted by Gasteiger charge is 2.15. The largest absolute Gasteiger partial charge is 0.353 e. The Balaban J connectivity index is 1.97. The van der Waals surface area contributed by atoms with Crippen molar-refractivity contribution in [3.63, 3.8) is 0 Å². The SMILES string of the molecule is CCCC(C)NC(=O)CSc1nc2ccccc2c(=O)n1-c1ccc(C#N)cc1. The molecule has 3 rings (SSSR count). The first-order valence-electron chi connectivity index (χ1n) is 9.48. The molecule has 0 spiro atoms. The molecule has 7 heteroatoms. The zero-order valence-corrected chi connectivity index (χ0v) is 17.2. The van der Waals surface area contributed by atoms with Crippen LogP contribution in [0.4, 0.5) is 0 Å². The Morgan fingerprint density at radius 3 is 2.66 bits per heavy atom. The molecule has 0 fully saturated rings. The fourth-order valence-electron chi connectivity index (χ4n) is 3.07. The number of para-hydroxylation sites is 1. The molecule has 148 valence electrons. The van der Waals surface area contributed by atoms with Crippen LogP contribution in [0.15, 0.2) is 58.5 Å². The predicted molar refractivity (Wildman–Crippen MR) is 115 cm³/mol. The molecule has 0 saturated heterocycles. The molecule has 0 aliphatic heterocycles. The van der Waals surface area contributed by atoms with Crippen molar-refractivity contribution >= 4 is 28.6 Å².